The molecule has 2 aliphatic heterocycles. The van der Waals surface area contributed by atoms with Crippen molar-refractivity contribution in [2.24, 2.45) is 5.92 Å². The van der Waals surface area contributed by atoms with Gasteiger partial charge in [0.05, 0.1) is 0 Å². The molecule has 1 atom stereocenters. The van der Waals surface area contributed by atoms with Crippen LogP contribution in [0.4, 0.5) is 0 Å². The topological polar surface area (TPSA) is 32.3 Å². The first kappa shape index (κ1) is 9.00. The first-order valence-corrected chi connectivity index (χ1v) is 5.27. The van der Waals surface area contributed by atoms with E-state index in [0.29, 0.717) is 17.9 Å². The number of nitrogens with one attached hydrogen (secondary N) is 1. The Balaban J connectivity index is 1.95. The van der Waals surface area contributed by atoms with E-state index in [1.165, 1.54) is 0 Å². The van der Waals surface area contributed by atoms with Gasteiger partial charge < -0.3 is 10.2 Å². The van der Waals surface area contributed by atoms with Crippen molar-refractivity contribution >= 4 is 5.91 Å². The molecule has 13 heavy (non-hydrogen) atoms. The van der Waals surface area contributed by atoms with Gasteiger partial charge in [0, 0.05) is 19.0 Å². The smallest absolute Gasteiger partial charge is 0.223 e. The van der Waals surface area contributed by atoms with E-state index in [4.69, 9.17) is 0 Å². The van der Waals surface area contributed by atoms with Gasteiger partial charge in [-0.1, -0.05) is 6.92 Å². The molecule has 0 aliphatic carbocycles. The Bertz CT molecular complexity index is 199. The van der Waals surface area contributed by atoms with Crippen LogP contribution in [0, 0.1) is 5.92 Å². The molecule has 2 rings (SSSR count). The average molecular weight is 182 g/mol. The highest BCUT2D eigenvalue weighted by molar-refractivity contribution is 5.78. The van der Waals surface area contributed by atoms with Gasteiger partial charge in [-0.25, -0.2) is 0 Å². The second-order valence-corrected chi connectivity index (χ2v) is 4.34. The molecule has 74 valence electrons. The molecule has 0 saturated carbocycles. The summed E-state index contributed by atoms with van der Waals surface area (Å²) in [5, 5.41) is 3.33. The third kappa shape index (κ3) is 1.85. The standard InChI is InChI=1S/C10H18N2O/c1-8-6-10(13)12(7-8)9-2-4-11-5-3-9/h8-9,11H,2-7H2,1H3. The molecular formula is C10H18N2O. The Morgan fingerprint density at radius 2 is 2.08 bits per heavy atom. The third-order valence-electron chi connectivity index (χ3n) is 3.10. The zero-order valence-corrected chi connectivity index (χ0v) is 8.25. The molecule has 1 unspecified atom stereocenters. The number of carbonyl (C=O) groups excluding carboxylic acids is 1. The van der Waals surface area contributed by atoms with E-state index in [2.05, 4.69) is 17.1 Å². The number of amides is 1. The number of hydrogen-bond acceptors (Lipinski definition) is 2. The molecule has 0 radical (unpaired) electrons. The van der Waals surface area contributed by atoms with Gasteiger partial charge in [0.2, 0.25) is 5.91 Å². The summed E-state index contributed by atoms with van der Waals surface area (Å²) >= 11 is 0. The van der Waals surface area contributed by atoms with Crippen molar-refractivity contribution in [3.8, 4) is 0 Å². The molecule has 0 aromatic heterocycles. The van der Waals surface area contributed by atoms with E-state index in [9.17, 15) is 4.79 Å². The van der Waals surface area contributed by atoms with Crippen LogP contribution in [0.15, 0.2) is 0 Å². The summed E-state index contributed by atoms with van der Waals surface area (Å²) in [6.45, 7) is 5.30. The lowest BCUT2D eigenvalue weighted by Gasteiger charge is -2.31. The van der Waals surface area contributed by atoms with E-state index in [1.54, 1.807) is 0 Å². The molecule has 0 aromatic carbocycles. The fourth-order valence-electron chi connectivity index (χ4n) is 2.39. The van der Waals surface area contributed by atoms with Crippen molar-refractivity contribution in [1.29, 1.82) is 0 Å². The summed E-state index contributed by atoms with van der Waals surface area (Å²) in [5.41, 5.74) is 0. The zero-order chi connectivity index (χ0) is 9.26. The summed E-state index contributed by atoms with van der Waals surface area (Å²) < 4.78 is 0. The van der Waals surface area contributed by atoms with Gasteiger partial charge in [0.15, 0.2) is 0 Å². The molecule has 2 fully saturated rings. The minimum atomic E-state index is 0.374. The van der Waals surface area contributed by atoms with Gasteiger partial charge in [0.25, 0.3) is 0 Å². The minimum Gasteiger partial charge on any atom is -0.339 e. The molecule has 0 aromatic rings. The average Bonchev–Trinajstić information content (AvgIpc) is 2.47. The molecule has 2 heterocycles. The third-order valence-corrected chi connectivity index (χ3v) is 3.10. The molecule has 2 saturated heterocycles. The van der Waals surface area contributed by atoms with Crippen LogP contribution in [-0.4, -0.2) is 36.5 Å². The van der Waals surface area contributed by atoms with Gasteiger partial charge in [-0.2, -0.15) is 0 Å². The molecule has 0 spiro atoms. The SMILES string of the molecule is CC1CC(=O)N(C2CCNCC2)C1. The quantitative estimate of drug-likeness (QED) is 0.644. The normalized spacial score (nSPS) is 31.3. The second kappa shape index (κ2) is 3.66. The predicted molar refractivity (Wildman–Crippen MR) is 51.4 cm³/mol. The fourth-order valence-corrected chi connectivity index (χ4v) is 2.39. The van der Waals surface area contributed by atoms with Crippen LogP contribution in [0.25, 0.3) is 0 Å². The van der Waals surface area contributed by atoms with Crippen molar-refractivity contribution < 1.29 is 4.79 Å². The van der Waals surface area contributed by atoms with E-state index in [1.807, 2.05) is 0 Å². The highest BCUT2D eigenvalue weighted by atomic mass is 16.2. The summed E-state index contributed by atoms with van der Waals surface area (Å²) in [6, 6.07) is 0.527. The van der Waals surface area contributed by atoms with Crippen molar-refractivity contribution in [3.63, 3.8) is 0 Å². The number of nitrogens with zero attached hydrogens (tertiary/aromatic N) is 1. The van der Waals surface area contributed by atoms with Crippen LogP contribution in [0.5, 0.6) is 0 Å². The van der Waals surface area contributed by atoms with Crippen LogP contribution >= 0.6 is 0 Å². The van der Waals surface area contributed by atoms with Crippen LogP contribution in [0.3, 0.4) is 0 Å². The number of rotatable bonds is 1. The number of hydrogen-bond donors (Lipinski definition) is 1. The molecule has 0 bridgehead atoms. The maximum absolute atomic E-state index is 11.6. The second-order valence-electron chi connectivity index (χ2n) is 4.34. The summed E-state index contributed by atoms with van der Waals surface area (Å²) in [5.74, 6) is 0.946. The monoisotopic (exact) mass is 182 g/mol. The molecule has 3 nitrogen and oxygen atoms in total. The van der Waals surface area contributed by atoms with Crippen LogP contribution in [0.1, 0.15) is 26.2 Å². The maximum Gasteiger partial charge on any atom is 0.223 e. The first-order valence-electron chi connectivity index (χ1n) is 5.27. The summed E-state index contributed by atoms with van der Waals surface area (Å²) in [7, 11) is 0. The van der Waals surface area contributed by atoms with Crippen molar-refractivity contribution in [3.05, 3.63) is 0 Å². The van der Waals surface area contributed by atoms with Gasteiger partial charge in [-0.3, -0.25) is 4.79 Å². The largest absolute Gasteiger partial charge is 0.339 e. The maximum atomic E-state index is 11.6. The highest BCUT2D eigenvalue weighted by Gasteiger charge is 2.32. The van der Waals surface area contributed by atoms with Crippen molar-refractivity contribution in [2.75, 3.05) is 19.6 Å². The zero-order valence-electron chi connectivity index (χ0n) is 8.25. The van der Waals surface area contributed by atoms with E-state index in [-0.39, 0.29) is 0 Å². The van der Waals surface area contributed by atoms with Crippen LogP contribution in [0.2, 0.25) is 0 Å². The Labute approximate surface area is 79.5 Å². The minimum absolute atomic E-state index is 0.374. The summed E-state index contributed by atoms with van der Waals surface area (Å²) in [6.07, 6.45) is 3.04. The highest BCUT2D eigenvalue weighted by Crippen LogP contribution is 2.23. The van der Waals surface area contributed by atoms with Gasteiger partial charge in [0.1, 0.15) is 0 Å². The van der Waals surface area contributed by atoms with Crippen LogP contribution in [-0.2, 0) is 4.79 Å². The number of carbonyl (C=O) groups is 1. The molecule has 1 N–H and O–H groups in total. The van der Waals surface area contributed by atoms with E-state index >= 15 is 0 Å². The lowest BCUT2D eigenvalue weighted by Crippen LogP contribution is -2.43. The Morgan fingerprint density at radius 3 is 2.62 bits per heavy atom. The molecule has 3 heteroatoms. The lowest BCUT2D eigenvalue weighted by atomic mass is 10.1. The molecule has 1 amide bonds. The Kier molecular flexibility index (Phi) is 2.54. The van der Waals surface area contributed by atoms with Crippen molar-refractivity contribution in [2.45, 2.75) is 32.2 Å². The predicted octanol–water partition coefficient (Wildman–Crippen LogP) is 0.607. The van der Waals surface area contributed by atoms with Gasteiger partial charge >= 0.3 is 0 Å². The Morgan fingerprint density at radius 1 is 1.38 bits per heavy atom. The van der Waals surface area contributed by atoms with E-state index in [0.717, 1.165) is 38.9 Å². The van der Waals surface area contributed by atoms with E-state index < -0.39 is 0 Å². The van der Waals surface area contributed by atoms with Crippen LogP contribution < -0.4 is 5.32 Å². The lowest BCUT2D eigenvalue weighted by molar-refractivity contribution is -0.130. The van der Waals surface area contributed by atoms with Gasteiger partial charge in [-0.05, 0) is 31.8 Å². The fraction of sp³-hybridized carbons (Fsp3) is 0.900. The van der Waals surface area contributed by atoms with Gasteiger partial charge in [-0.15, -0.1) is 0 Å². The van der Waals surface area contributed by atoms with Crippen molar-refractivity contribution in [1.82, 2.24) is 10.2 Å². The summed E-state index contributed by atoms with van der Waals surface area (Å²) in [4.78, 5) is 13.7. The molecule has 2 aliphatic rings. The Hall–Kier alpha value is -0.570. The first-order chi connectivity index (χ1) is 6.27. The molecular weight excluding hydrogens is 164 g/mol. The number of piperidine rings is 1. The number of likely N-dealkylation sites (tertiary alicyclic amines) is 1.